The van der Waals surface area contributed by atoms with Crippen LogP contribution in [0.5, 0.6) is 0 Å². The van der Waals surface area contributed by atoms with Crippen molar-refractivity contribution < 1.29 is 23.4 Å². The summed E-state index contributed by atoms with van der Waals surface area (Å²) in [5, 5.41) is 20.8. The number of nitrogens with zero attached hydrogens (tertiary/aromatic N) is 1. The van der Waals surface area contributed by atoms with Crippen molar-refractivity contribution in [2.75, 3.05) is 6.61 Å². The summed E-state index contributed by atoms with van der Waals surface area (Å²) in [7, 11) is 0. The summed E-state index contributed by atoms with van der Waals surface area (Å²) >= 11 is 0. The summed E-state index contributed by atoms with van der Waals surface area (Å²) in [6.45, 7) is 9.11. The number of fused-ring (bicyclic) bond motifs is 1. The topological polar surface area (TPSA) is 44.8 Å². The lowest BCUT2D eigenvalue weighted by Gasteiger charge is -2.43. The van der Waals surface area contributed by atoms with Crippen LogP contribution in [0.2, 0.25) is 0 Å². The lowest BCUT2D eigenvalue weighted by atomic mass is 9.63. The number of alkyl halides is 3. The highest BCUT2D eigenvalue weighted by Gasteiger charge is 2.52. The molecule has 4 fully saturated rings. The fraction of sp³-hybridized carbons (Fsp3) is 0.919. The maximum absolute atomic E-state index is 14.5. The van der Waals surface area contributed by atoms with Gasteiger partial charge in [0.05, 0.1) is 17.9 Å². The third-order valence-corrected chi connectivity index (χ3v) is 13.2. The Morgan fingerprint density at radius 1 is 0.884 bits per heavy atom. The monoisotopic (exact) mass is 606 g/mol. The van der Waals surface area contributed by atoms with Crippen LogP contribution in [0.3, 0.4) is 0 Å². The second-order valence-electron chi connectivity index (χ2n) is 15.8. The molecule has 43 heavy (non-hydrogen) atoms. The Morgan fingerprint density at radius 3 is 2.40 bits per heavy atom. The maximum Gasteiger partial charge on any atom is 0.392 e. The number of rotatable bonds is 9. The quantitative estimate of drug-likeness (QED) is 0.257. The van der Waals surface area contributed by atoms with E-state index >= 15 is 0 Å². The smallest absolute Gasteiger partial charge is 0.392 e. The molecule has 0 saturated heterocycles. The van der Waals surface area contributed by atoms with Crippen LogP contribution in [0.15, 0.2) is 12.2 Å². The van der Waals surface area contributed by atoms with Crippen LogP contribution in [0.25, 0.3) is 4.85 Å². The molecule has 1 heterocycles. The van der Waals surface area contributed by atoms with Crippen molar-refractivity contribution >= 4 is 0 Å². The van der Waals surface area contributed by atoms with Gasteiger partial charge in [-0.05, 0) is 130 Å². The molecule has 2 N–H and O–H groups in total. The molecular formula is C37H59F3NO2+. The van der Waals surface area contributed by atoms with E-state index in [2.05, 4.69) is 26.5 Å². The van der Waals surface area contributed by atoms with Crippen molar-refractivity contribution in [1.82, 2.24) is 0 Å². The lowest BCUT2D eigenvalue weighted by molar-refractivity contribution is -0.202. The average molecular weight is 607 g/mol. The Balaban J connectivity index is 1.18. The number of halogens is 3. The van der Waals surface area contributed by atoms with Gasteiger partial charge in [0.15, 0.2) is 0 Å². The first-order valence-electron chi connectivity index (χ1n) is 18.1. The van der Waals surface area contributed by atoms with Gasteiger partial charge in [-0.3, -0.25) is 0 Å². The summed E-state index contributed by atoms with van der Waals surface area (Å²) < 4.78 is 43.5. The molecular weight excluding hydrogens is 547 g/mol. The first-order valence-corrected chi connectivity index (χ1v) is 18.1. The molecule has 6 heteroatoms. The van der Waals surface area contributed by atoms with Crippen LogP contribution in [0.4, 0.5) is 13.2 Å². The Bertz CT molecular complexity index is 987. The van der Waals surface area contributed by atoms with E-state index < -0.39 is 18.2 Å². The molecule has 0 aromatic rings. The molecule has 13 atom stereocenters. The first-order chi connectivity index (χ1) is 20.6. The lowest BCUT2D eigenvalue weighted by Crippen LogP contribution is -2.41. The molecule has 0 spiro atoms. The molecule has 5 rings (SSSR count). The largest absolute Gasteiger partial charge is 0.396 e. The van der Waals surface area contributed by atoms with Gasteiger partial charge in [0, 0.05) is 12.5 Å². The molecule has 1 aliphatic heterocycles. The average Bonchev–Trinajstić information content (AvgIpc) is 3.23. The van der Waals surface area contributed by atoms with E-state index in [1.54, 1.807) is 0 Å². The molecule has 244 valence electrons. The SMILES string of the molecule is C=C(C1CCC(CC2CCC(CCCO)C(C)C2)C(C(F)(F)F)C1)C(O)C1CCC(C)C(C2[N+]#CC3CCCCCC32)C1. The summed E-state index contributed by atoms with van der Waals surface area (Å²) in [6.07, 6.45) is 11.2. The number of hydrogen-bond acceptors (Lipinski definition) is 2. The van der Waals surface area contributed by atoms with E-state index in [9.17, 15) is 23.4 Å². The van der Waals surface area contributed by atoms with Gasteiger partial charge in [0.1, 0.15) is 5.92 Å². The van der Waals surface area contributed by atoms with E-state index in [4.69, 9.17) is 4.85 Å². The molecule has 5 aliphatic rings. The molecule has 3 nitrogen and oxygen atoms in total. The fourth-order valence-corrected chi connectivity index (χ4v) is 10.5. The normalized spacial score (nSPS) is 42.8. The van der Waals surface area contributed by atoms with Crippen LogP contribution in [0.1, 0.15) is 123 Å². The standard InChI is InChI=1S/C37H59F3NO2/c1-23-11-13-30(20-33(23)35-32-10-6-4-5-8-31(32)22-41-35)36(43)25(3)28-15-16-29(34(21-28)37(38,39)40)19-26-12-14-27(9-7-17-42)24(2)18-26/h23-24,26-36,42-43H,3-21H2,1-2H3/q+1. The van der Waals surface area contributed by atoms with E-state index in [0.717, 1.165) is 51.4 Å². The maximum atomic E-state index is 14.5. The van der Waals surface area contributed by atoms with Gasteiger partial charge in [0.2, 0.25) is 0 Å². The molecule has 4 aliphatic carbocycles. The van der Waals surface area contributed by atoms with Gasteiger partial charge >= 0.3 is 6.18 Å². The zero-order valence-electron chi connectivity index (χ0n) is 26.9. The predicted molar refractivity (Wildman–Crippen MR) is 168 cm³/mol. The highest BCUT2D eigenvalue weighted by atomic mass is 19.4. The minimum Gasteiger partial charge on any atom is -0.396 e. The minimum atomic E-state index is -4.21. The molecule has 4 saturated carbocycles. The van der Waals surface area contributed by atoms with Crippen molar-refractivity contribution in [3.8, 4) is 6.07 Å². The van der Waals surface area contributed by atoms with Crippen molar-refractivity contribution in [3.63, 3.8) is 0 Å². The Kier molecular flexibility index (Phi) is 11.3. The summed E-state index contributed by atoms with van der Waals surface area (Å²) in [5.41, 5.74) is 0.665. The van der Waals surface area contributed by atoms with Crippen molar-refractivity contribution in [2.45, 2.75) is 141 Å². The highest BCUT2D eigenvalue weighted by Crippen LogP contribution is 2.52. The second kappa shape index (κ2) is 14.6. The molecule has 0 bridgehead atoms. The fourth-order valence-electron chi connectivity index (χ4n) is 10.5. The third-order valence-electron chi connectivity index (χ3n) is 13.2. The zero-order chi connectivity index (χ0) is 30.7. The second-order valence-corrected chi connectivity index (χ2v) is 15.8. The van der Waals surface area contributed by atoms with Gasteiger partial charge in [-0.25, -0.2) is 0 Å². The van der Waals surface area contributed by atoms with Crippen LogP contribution in [0, 0.1) is 71.2 Å². The third kappa shape index (κ3) is 7.85. The zero-order valence-corrected chi connectivity index (χ0v) is 26.9. The van der Waals surface area contributed by atoms with Crippen LogP contribution < -0.4 is 0 Å². The van der Waals surface area contributed by atoms with E-state index in [1.807, 2.05) is 0 Å². The Labute approximate surface area is 259 Å². The van der Waals surface area contributed by atoms with Crippen LogP contribution >= 0.6 is 0 Å². The highest BCUT2D eigenvalue weighted by molar-refractivity contribution is 5.17. The van der Waals surface area contributed by atoms with Crippen molar-refractivity contribution in [1.29, 1.82) is 0 Å². The van der Waals surface area contributed by atoms with Crippen LogP contribution in [-0.2, 0) is 0 Å². The van der Waals surface area contributed by atoms with Gasteiger partial charge in [-0.1, -0.05) is 51.0 Å². The molecule has 0 amide bonds. The van der Waals surface area contributed by atoms with Gasteiger partial charge in [0.25, 0.3) is 12.1 Å². The number of hydrogen-bond donors (Lipinski definition) is 2. The van der Waals surface area contributed by atoms with Gasteiger partial charge in [-0.2, -0.15) is 13.2 Å². The summed E-state index contributed by atoms with van der Waals surface area (Å²) in [6, 6.07) is 3.77. The van der Waals surface area contributed by atoms with Gasteiger partial charge in [-0.15, -0.1) is 0 Å². The Hall–Kier alpha value is -1.06. The molecule has 0 aromatic carbocycles. The summed E-state index contributed by atoms with van der Waals surface area (Å²) in [4.78, 5) is 4.95. The molecule has 13 unspecified atom stereocenters. The van der Waals surface area contributed by atoms with E-state index in [-0.39, 0.29) is 30.8 Å². The van der Waals surface area contributed by atoms with Crippen molar-refractivity contribution in [2.24, 2.45) is 65.1 Å². The first kappa shape index (κ1) is 33.3. The van der Waals surface area contributed by atoms with Crippen molar-refractivity contribution in [3.05, 3.63) is 17.0 Å². The molecule has 0 radical (unpaired) electrons. The van der Waals surface area contributed by atoms with Gasteiger partial charge < -0.3 is 10.2 Å². The number of aliphatic hydroxyl groups is 2. The van der Waals surface area contributed by atoms with E-state index in [0.29, 0.717) is 72.3 Å². The minimum absolute atomic E-state index is 0.0679. The van der Waals surface area contributed by atoms with E-state index in [1.165, 1.54) is 32.1 Å². The molecule has 0 aromatic heterocycles. The summed E-state index contributed by atoms with van der Waals surface area (Å²) in [5.74, 6) is 1.70. The number of aliphatic hydroxyl groups excluding tert-OH is 2. The Morgan fingerprint density at radius 2 is 1.65 bits per heavy atom. The predicted octanol–water partition coefficient (Wildman–Crippen LogP) is 9.68. The van der Waals surface area contributed by atoms with Crippen LogP contribution in [-0.4, -0.2) is 35.1 Å².